The van der Waals surface area contributed by atoms with Crippen LogP contribution in [0.1, 0.15) is 17.4 Å². The molecule has 30 heavy (non-hydrogen) atoms. The fourth-order valence-electron chi connectivity index (χ4n) is 3.10. The number of urea groups is 1. The maximum atomic E-state index is 12.9. The summed E-state index contributed by atoms with van der Waals surface area (Å²) in [5.74, 6) is 0.725. The minimum Gasteiger partial charge on any atom is -0.495 e. The number of anilines is 1. The Balaban J connectivity index is 1.39. The molecule has 156 valence electrons. The first-order chi connectivity index (χ1) is 14.3. The van der Waals surface area contributed by atoms with Gasteiger partial charge in [0, 0.05) is 18.7 Å². The Kier molecular flexibility index (Phi) is 5.06. The maximum Gasteiger partial charge on any atom is 0.416 e. The summed E-state index contributed by atoms with van der Waals surface area (Å²) in [7, 11) is 1.52. The highest BCUT2D eigenvalue weighted by atomic mass is 19.4. The minimum absolute atomic E-state index is 0.0769. The van der Waals surface area contributed by atoms with E-state index < -0.39 is 11.7 Å². The van der Waals surface area contributed by atoms with E-state index in [2.05, 4.69) is 15.5 Å². The van der Waals surface area contributed by atoms with E-state index in [1.165, 1.54) is 19.2 Å². The van der Waals surface area contributed by atoms with Crippen molar-refractivity contribution in [3.63, 3.8) is 0 Å². The van der Waals surface area contributed by atoms with Crippen LogP contribution in [0.3, 0.4) is 0 Å². The number of hydrogen-bond acceptors (Lipinski definition) is 5. The summed E-state index contributed by atoms with van der Waals surface area (Å²) < 4.78 is 49.1. The number of carbonyl (C=O) groups excluding carboxylic acids is 1. The van der Waals surface area contributed by atoms with Gasteiger partial charge in [0.2, 0.25) is 11.7 Å². The number of alkyl halides is 3. The average Bonchev–Trinajstić information content (AvgIpc) is 3.16. The van der Waals surface area contributed by atoms with Crippen molar-refractivity contribution < 1.29 is 27.2 Å². The lowest BCUT2D eigenvalue weighted by Gasteiger charge is -2.36. The second-order valence-electron chi connectivity index (χ2n) is 6.77. The molecule has 2 heterocycles. The van der Waals surface area contributed by atoms with Crippen LogP contribution in [0.2, 0.25) is 0 Å². The van der Waals surface area contributed by atoms with Crippen molar-refractivity contribution in [3.05, 3.63) is 60.0 Å². The van der Waals surface area contributed by atoms with Crippen LogP contribution in [0.4, 0.5) is 23.7 Å². The topological polar surface area (TPSA) is 80.5 Å². The molecule has 1 aliphatic heterocycles. The normalized spacial score (nSPS) is 14.3. The molecule has 2 aromatic carbocycles. The molecule has 1 aliphatic rings. The van der Waals surface area contributed by atoms with Crippen LogP contribution in [0, 0.1) is 0 Å². The molecule has 7 nitrogen and oxygen atoms in total. The van der Waals surface area contributed by atoms with Crippen molar-refractivity contribution in [2.24, 2.45) is 0 Å². The number of likely N-dealkylation sites (tertiary alicyclic amines) is 1. The number of methoxy groups -OCH3 is 1. The van der Waals surface area contributed by atoms with Gasteiger partial charge in [0.1, 0.15) is 5.75 Å². The second-order valence-corrected chi connectivity index (χ2v) is 6.77. The number of para-hydroxylation sites is 2. The third kappa shape index (κ3) is 3.93. The van der Waals surface area contributed by atoms with E-state index in [1.54, 1.807) is 29.2 Å². The number of carbonyl (C=O) groups is 1. The van der Waals surface area contributed by atoms with Gasteiger partial charge < -0.3 is 19.5 Å². The summed E-state index contributed by atoms with van der Waals surface area (Å²) in [6, 6.07) is 11.5. The Morgan fingerprint density at radius 3 is 2.70 bits per heavy atom. The van der Waals surface area contributed by atoms with Gasteiger partial charge in [-0.05, 0) is 24.3 Å². The fourth-order valence-corrected chi connectivity index (χ4v) is 3.10. The van der Waals surface area contributed by atoms with Gasteiger partial charge in [0.05, 0.1) is 24.3 Å². The van der Waals surface area contributed by atoms with E-state index in [1.807, 2.05) is 0 Å². The summed E-state index contributed by atoms with van der Waals surface area (Å²) in [4.78, 5) is 18.2. The van der Waals surface area contributed by atoms with E-state index in [0.717, 1.165) is 12.1 Å². The molecule has 1 saturated heterocycles. The molecule has 0 bridgehead atoms. The zero-order chi connectivity index (χ0) is 21.3. The number of halogens is 3. The molecule has 1 aromatic heterocycles. The standard InChI is InChI=1S/C20H17F3N4O3/c1-29-16-8-3-2-7-15(16)24-19(28)27-10-13(11-27)18-25-17(26-30-18)12-5-4-6-14(9-12)20(21,22)23/h2-9,13H,10-11H2,1H3,(H,24,28). The Hall–Kier alpha value is -3.56. The maximum absolute atomic E-state index is 12.9. The molecule has 10 heteroatoms. The van der Waals surface area contributed by atoms with E-state index in [-0.39, 0.29) is 29.2 Å². The van der Waals surface area contributed by atoms with Gasteiger partial charge in [-0.1, -0.05) is 29.4 Å². The van der Waals surface area contributed by atoms with Crippen LogP contribution < -0.4 is 10.1 Å². The molecule has 0 atom stereocenters. The molecule has 1 N–H and O–H groups in total. The summed E-state index contributed by atoms with van der Waals surface area (Å²) in [5, 5.41) is 6.56. The van der Waals surface area contributed by atoms with Crippen molar-refractivity contribution in [2.45, 2.75) is 12.1 Å². The molecule has 0 radical (unpaired) electrons. The highest BCUT2D eigenvalue weighted by Gasteiger charge is 2.36. The first-order valence-corrected chi connectivity index (χ1v) is 9.05. The smallest absolute Gasteiger partial charge is 0.416 e. The molecular weight excluding hydrogens is 401 g/mol. The number of benzene rings is 2. The van der Waals surface area contributed by atoms with Gasteiger partial charge in [-0.25, -0.2) is 4.79 Å². The lowest BCUT2D eigenvalue weighted by molar-refractivity contribution is -0.137. The number of ether oxygens (including phenoxy) is 1. The zero-order valence-electron chi connectivity index (χ0n) is 15.8. The summed E-state index contributed by atoms with van der Waals surface area (Å²) >= 11 is 0. The van der Waals surface area contributed by atoms with E-state index in [9.17, 15) is 18.0 Å². The number of hydrogen-bond donors (Lipinski definition) is 1. The van der Waals surface area contributed by atoms with Crippen LogP contribution in [-0.2, 0) is 6.18 Å². The van der Waals surface area contributed by atoms with Gasteiger partial charge in [-0.15, -0.1) is 0 Å². The summed E-state index contributed by atoms with van der Waals surface area (Å²) in [6.45, 7) is 0.705. The molecule has 3 aromatic rings. The van der Waals surface area contributed by atoms with Crippen LogP contribution in [-0.4, -0.2) is 41.3 Å². The molecular formula is C20H17F3N4O3. The lowest BCUT2D eigenvalue weighted by atomic mass is 10.0. The molecule has 0 unspecified atom stereocenters. The van der Waals surface area contributed by atoms with Crippen LogP contribution >= 0.6 is 0 Å². The van der Waals surface area contributed by atoms with Gasteiger partial charge in [-0.2, -0.15) is 18.2 Å². The predicted molar refractivity (Wildman–Crippen MR) is 101 cm³/mol. The molecule has 0 spiro atoms. The van der Waals surface area contributed by atoms with E-state index in [0.29, 0.717) is 24.5 Å². The van der Waals surface area contributed by atoms with Gasteiger partial charge in [-0.3, -0.25) is 0 Å². The average molecular weight is 418 g/mol. The van der Waals surface area contributed by atoms with Crippen molar-refractivity contribution in [1.29, 1.82) is 0 Å². The third-order valence-electron chi connectivity index (χ3n) is 4.76. The first kappa shape index (κ1) is 19.7. The number of nitrogens with one attached hydrogen (secondary N) is 1. The summed E-state index contributed by atoms with van der Waals surface area (Å²) in [5.41, 5.74) is -0.0165. The minimum atomic E-state index is -4.45. The molecule has 0 aliphatic carbocycles. The number of rotatable bonds is 4. The SMILES string of the molecule is COc1ccccc1NC(=O)N1CC(c2nc(-c3cccc(C(F)(F)F)c3)no2)C1. The lowest BCUT2D eigenvalue weighted by Crippen LogP contribution is -2.50. The largest absolute Gasteiger partial charge is 0.495 e. The van der Waals surface area contributed by atoms with Crippen LogP contribution in [0.15, 0.2) is 53.1 Å². The zero-order valence-corrected chi connectivity index (χ0v) is 15.8. The molecule has 0 saturated carbocycles. The fraction of sp³-hybridized carbons (Fsp3) is 0.250. The van der Waals surface area contributed by atoms with Crippen molar-refractivity contribution in [1.82, 2.24) is 15.0 Å². The van der Waals surface area contributed by atoms with E-state index >= 15 is 0 Å². The molecule has 4 rings (SSSR count). The number of aromatic nitrogens is 2. The van der Waals surface area contributed by atoms with E-state index in [4.69, 9.17) is 9.26 Å². The summed E-state index contributed by atoms with van der Waals surface area (Å²) in [6.07, 6.45) is -4.45. The van der Waals surface area contributed by atoms with Gasteiger partial charge in [0.25, 0.3) is 0 Å². The van der Waals surface area contributed by atoms with Crippen molar-refractivity contribution >= 4 is 11.7 Å². The first-order valence-electron chi connectivity index (χ1n) is 9.05. The highest BCUT2D eigenvalue weighted by Crippen LogP contribution is 2.33. The molecule has 1 fully saturated rings. The predicted octanol–water partition coefficient (Wildman–Crippen LogP) is 4.40. The second kappa shape index (κ2) is 7.69. The number of nitrogens with zero attached hydrogens (tertiary/aromatic N) is 3. The number of amides is 2. The Morgan fingerprint density at radius 1 is 1.20 bits per heavy atom. The monoisotopic (exact) mass is 418 g/mol. The van der Waals surface area contributed by atoms with Gasteiger partial charge >= 0.3 is 12.2 Å². The third-order valence-corrected chi connectivity index (χ3v) is 4.76. The van der Waals surface area contributed by atoms with Crippen LogP contribution in [0.25, 0.3) is 11.4 Å². The van der Waals surface area contributed by atoms with Crippen molar-refractivity contribution in [2.75, 3.05) is 25.5 Å². The Labute approximate surface area is 169 Å². The highest BCUT2D eigenvalue weighted by molar-refractivity contribution is 5.91. The Bertz CT molecular complexity index is 1060. The quantitative estimate of drug-likeness (QED) is 0.680. The van der Waals surface area contributed by atoms with Crippen molar-refractivity contribution in [3.8, 4) is 17.1 Å². The van der Waals surface area contributed by atoms with Crippen LogP contribution in [0.5, 0.6) is 5.75 Å². The Morgan fingerprint density at radius 2 is 1.97 bits per heavy atom. The molecule has 2 amide bonds. The van der Waals surface area contributed by atoms with Gasteiger partial charge in [0.15, 0.2) is 0 Å².